The lowest BCUT2D eigenvalue weighted by Gasteiger charge is -2.34. The summed E-state index contributed by atoms with van der Waals surface area (Å²) in [7, 11) is 1.90. The molecule has 2 aliphatic rings. The van der Waals surface area contributed by atoms with E-state index < -0.39 is 0 Å². The highest BCUT2D eigenvalue weighted by molar-refractivity contribution is 6.00. The number of nitrogens with one attached hydrogen (secondary N) is 2. The van der Waals surface area contributed by atoms with Gasteiger partial charge in [0.2, 0.25) is 5.91 Å². The molecule has 0 spiro atoms. The Hall–Kier alpha value is -2.16. The molecular weight excluding hydrogens is 470 g/mol. The van der Waals surface area contributed by atoms with E-state index in [1.54, 1.807) is 17.0 Å². The van der Waals surface area contributed by atoms with Crippen LogP contribution in [0.1, 0.15) is 82.5 Å². The van der Waals surface area contributed by atoms with Gasteiger partial charge >= 0.3 is 0 Å². The molecule has 1 aromatic carbocycles. The zero-order valence-corrected chi connectivity index (χ0v) is 23.1. The van der Waals surface area contributed by atoms with Crippen LogP contribution in [0.25, 0.3) is 0 Å². The van der Waals surface area contributed by atoms with Gasteiger partial charge < -0.3 is 30.1 Å². The first-order valence-electron chi connectivity index (χ1n) is 14.1. The van der Waals surface area contributed by atoms with Crippen LogP contribution in [0, 0.1) is 11.8 Å². The Morgan fingerprint density at radius 3 is 2.57 bits per heavy atom. The largest absolute Gasteiger partial charge is 0.490 e. The third kappa shape index (κ3) is 8.42. The molecule has 3 rings (SSSR count). The fraction of sp³-hybridized carbons (Fsp3) is 0.724. The number of aliphatic hydroxyl groups is 1. The fourth-order valence-electron chi connectivity index (χ4n) is 5.30. The van der Waals surface area contributed by atoms with Gasteiger partial charge in [-0.3, -0.25) is 9.59 Å². The maximum Gasteiger partial charge on any atom is 0.258 e. The van der Waals surface area contributed by atoms with Gasteiger partial charge in [0.25, 0.3) is 5.91 Å². The van der Waals surface area contributed by atoms with Crippen molar-refractivity contribution in [3.8, 4) is 5.75 Å². The van der Waals surface area contributed by atoms with Crippen molar-refractivity contribution in [3.05, 3.63) is 23.8 Å². The number of nitrogens with zero attached hydrogens (tertiary/aromatic N) is 1. The second-order valence-electron chi connectivity index (χ2n) is 10.9. The van der Waals surface area contributed by atoms with Crippen LogP contribution in [0.15, 0.2) is 18.2 Å². The van der Waals surface area contributed by atoms with Crippen molar-refractivity contribution in [2.45, 2.75) is 90.4 Å². The van der Waals surface area contributed by atoms with Crippen molar-refractivity contribution in [1.82, 2.24) is 10.2 Å². The number of fused-ring (bicyclic) bond motifs is 1. The van der Waals surface area contributed by atoms with Crippen LogP contribution < -0.4 is 15.4 Å². The minimum Gasteiger partial charge on any atom is -0.490 e. The van der Waals surface area contributed by atoms with Crippen molar-refractivity contribution in [3.63, 3.8) is 0 Å². The maximum atomic E-state index is 14.0. The number of carbonyl (C=O) groups is 2. The molecule has 0 saturated heterocycles. The molecule has 0 unspecified atom stereocenters. The predicted octanol–water partition coefficient (Wildman–Crippen LogP) is 4.22. The highest BCUT2D eigenvalue weighted by Gasteiger charge is 2.30. The number of benzene rings is 1. The van der Waals surface area contributed by atoms with Crippen LogP contribution in [0.2, 0.25) is 0 Å². The summed E-state index contributed by atoms with van der Waals surface area (Å²) in [4.78, 5) is 28.7. The van der Waals surface area contributed by atoms with E-state index in [9.17, 15) is 14.7 Å². The number of likely N-dealkylation sites (N-methyl/N-ethyl adjacent to an activating group) is 1. The molecule has 1 saturated carbocycles. The van der Waals surface area contributed by atoms with Gasteiger partial charge in [0.05, 0.1) is 30.4 Å². The third-order valence-electron chi connectivity index (χ3n) is 7.70. The van der Waals surface area contributed by atoms with Crippen LogP contribution in [0.4, 0.5) is 5.69 Å². The van der Waals surface area contributed by atoms with E-state index in [2.05, 4.69) is 17.6 Å². The molecule has 0 aromatic heterocycles. The van der Waals surface area contributed by atoms with Gasteiger partial charge in [-0.1, -0.05) is 26.2 Å². The van der Waals surface area contributed by atoms with Gasteiger partial charge in [-0.25, -0.2) is 0 Å². The van der Waals surface area contributed by atoms with Gasteiger partial charge in [0, 0.05) is 37.2 Å². The molecule has 3 N–H and O–H groups in total. The summed E-state index contributed by atoms with van der Waals surface area (Å²) in [5.41, 5.74) is 1.00. The first kappa shape index (κ1) is 29.4. The minimum absolute atomic E-state index is 0.0172. The van der Waals surface area contributed by atoms with Crippen molar-refractivity contribution in [1.29, 1.82) is 0 Å². The molecule has 0 radical (unpaired) electrons. The van der Waals surface area contributed by atoms with Crippen molar-refractivity contribution >= 4 is 17.5 Å². The van der Waals surface area contributed by atoms with Crippen LogP contribution in [0.3, 0.4) is 0 Å². The lowest BCUT2D eigenvalue weighted by molar-refractivity contribution is -0.120. The molecule has 208 valence electrons. The lowest BCUT2D eigenvalue weighted by atomic mass is 9.88. The van der Waals surface area contributed by atoms with Gasteiger partial charge in [0.1, 0.15) is 5.75 Å². The number of anilines is 1. The normalized spacial score (nSPS) is 25.5. The molecule has 4 atom stereocenters. The van der Waals surface area contributed by atoms with Gasteiger partial charge in [-0.2, -0.15) is 0 Å². The lowest BCUT2D eigenvalue weighted by Crippen LogP contribution is -2.47. The Labute approximate surface area is 222 Å². The standard InChI is InChI=1S/C29H47N3O5/c1-20-18-32(21(2)19-33)29(35)25-16-24(31-28(34)23-11-6-5-7-12-23)13-14-26(25)37-22(3)10-8-9-15-36-27(20)17-30-4/h13-14,16,20-23,27,30,33H,5-12,15,17-19H2,1-4H3,(H,31,34)/t20-,21-,22-,27-/m0/s1. The molecule has 8 nitrogen and oxygen atoms in total. The Kier molecular flexibility index (Phi) is 11.7. The van der Waals surface area contributed by atoms with E-state index in [4.69, 9.17) is 9.47 Å². The molecule has 1 aliphatic heterocycles. The first-order chi connectivity index (χ1) is 17.8. The molecule has 1 aromatic rings. The van der Waals surface area contributed by atoms with Crippen molar-refractivity contribution in [2.75, 3.05) is 38.7 Å². The molecule has 1 fully saturated rings. The number of hydrogen-bond acceptors (Lipinski definition) is 6. The molecular formula is C29H47N3O5. The monoisotopic (exact) mass is 517 g/mol. The summed E-state index contributed by atoms with van der Waals surface area (Å²) in [6, 6.07) is 4.97. The average molecular weight is 518 g/mol. The molecule has 37 heavy (non-hydrogen) atoms. The third-order valence-corrected chi connectivity index (χ3v) is 7.70. The van der Waals surface area contributed by atoms with E-state index in [-0.39, 0.29) is 48.5 Å². The number of amides is 2. The van der Waals surface area contributed by atoms with E-state index in [0.29, 0.717) is 36.7 Å². The number of carbonyl (C=O) groups excluding carboxylic acids is 2. The zero-order valence-electron chi connectivity index (χ0n) is 23.1. The summed E-state index contributed by atoms with van der Waals surface area (Å²) in [6.45, 7) is 7.57. The minimum atomic E-state index is -0.385. The molecule has 1 heterocycles. The fourth-order valence-corrected chi connectivity index (χ4v) is 5.30. The topological polar surface area (TPSA) is 100 Å². The van der Waals surface area contributed by atoms with Crippen LogP contribution >= 0.6 is 0 Å². The van der Waals surface area contributed by atoms with Crippen LogP contribution in [-0.2, 0) is 9.53 Å². The number of aliphatic hydroxyl groups excluding tert-OH is 1. The molecule has 2 amide bonds. The van der Waals surface area contributed by atoms with Crippen LogP contribution in [-0.4, -0.2) is 73.4 Å². The van der Waals surface area contributed by atoms with E-state index in [1.807, 2.05) is 27.0 Å². The molecule has 8 heteroatoms. The SMILES string of the molecule is CNC[C@@H]1OCCCC[C@H](C)Oc2ccc(NC(=O)C3CCCCC3)cc2C(=O)N([C@@H](C)CO)C[C@@H]1C. The maximum absolute atomic E-state index is 14.0. The highest BCUT2D eigenvalue weighted by Crippen LogP contribution is 2.30. The van der Waals surface area contributed by atoms with Gasteiger partial charge in [0.15, 0.2) is 0 Å². The number of hydrogen-bond donors (Lipinski definition) is 3. The Morgan fingerprint density at radius 2 is 1.86 bits per heavy atom. The van der Waals surface area contributed by atoms with E-state index >= 15 is 0 Å². The summed E-state index contributed by atoms with van der Waals surface area (Å²) >= 11 is 0. The molecule has 0 bridgehead atoms. The second kappa shape index (κ2) is 14.7. The van der Waals surface area contributed by atoms with E-state index in [1.165, 1.54) is 6.42 Å². The quantitative estimate of drug-likeness (QED) is 0.523. The first-order valence-corrected chi connectivity index (χ1v) is 14.1. The van der Waals surface area contributed by atoms with Gasteiger partial charge in [-0.15, -0.1) is 0 Å². The summed E-state index contributed by atoms with van der Waals surface area (Å²) in [5, 5.41) is 16.3. The summed E-state index contributed by atoms with van der Waals surface area (Å²) in [6.07, 6.45) is 7.79. The Morgan fingerprint density at radius 1 is 1.14 bits per heavy atom. The summed E-state index contributed by atoms with van der Waals surface area (Å²) < 4.78 is 12.5. The van der Waals surface area contributed by atoms with Crippen molar-refractivity contribution < 1.29 is 24.2 Å². The zero-order chi connectivity index (χ0) is 26.8. The van der Waals surface area contributed by atoms with Crippen molar-refractivity contribution in [2.24, 2.45) is 11.8 Å². The average Bonchev–Trinajstić information content (AvgIpc) is 2.90. The van der Waals surface area contributed by atoms with E-state index in [0.717, 1.165) is 44.9 Å². The Balaban J connectivity index is 1.93. The molecule has 1 aliphatic carbocycles. The summed E-state index contributed by atoms with van der Waals surface area (Å²) in [5.74, 6) is 0.375. The highest BCUT2D eigenvalue weighted by atomic mass is 16.5. The Bertz CT molecular complexity index is 873. The number of ether oxygens (including phenoxy) is 2. The van der Waals surface area contributed by atoms with Crippen LogP contribution in [0.5, 0.6) is 5.75 Å². The second-order valence-corrected chi connectivity index (χ2v) is 10.9. The smallest absolute Gasteiger partial charge is 0.258 e. The predicted molar refractivity (Wildman–Crippen MR) is 146 cm³/mol. The van der Waals surface area contributed by atoms with Gasteiger partial charge in [-0.05, 0) is 71.2 Å². The number of rotatable bonds is 6.